The number of carboxylic acids is 2. The predicted molar refractivity (Wildman–Crippen MR) is 69.5 cm³/mol. The van der Waals surface area contributed by atoms with E-state index in [0.717, 1.165) is 12.2 Å². The maximum atomic E-state index is 11.7. The van der Waals surface area contributed by atoms with Crippen LogP contribution in [0.1, 0.15) is 27.7 Å². The zero-order valence-corrected chi connectivity index (χ0v) is 11.7. The van der Waals surface area contributed by atoms with Crippen molar-refractivity contribution in [2.24, 2.45) is 16.2 Å². The summed E-state index contributed by atoms with van der Waals surface area (Å²) in [5, 5.41) is 29.9. The summed E-state index contributed by atoms with van der Waals surface area (Å²) in [6.07, 6.45) is 3.23. The molecule has 7 nitrogen and oxygen atoms in total. The summed E-state index contributed by atoms with van der Waals surface area (Å²) >= 11 is 0. The van der Waals surface area contributed by atoms with Gasteiger partial charge in [-0.2, -0.15) is 0 Å². The van der Waals surface area contributed by atoms with E-state index in [2.05, 4.69) is 0 Å². The molecule has 1 aliphatic rings. The van der Waals surface area contributed by atoms with Crippen LogP contribution in [0.4, 0.5) is 0 Å². The van der Waals surface area contributed by atoms with E-state index in [1.165, 1.54) is 13.0 Å². The van der Waals surface area contributed by atoms with E-state index in [9.17, 15) is 24.8 Å². The standard InChI is InChI=1S/C13H17NO6/c1-11(2,3)13(10(17)18)6-5-12(4,9(15)16)7-8(13)14(19)20/h5-7H,1-4H3,(H,15,16)(H,17,18). The summed E-state index contributed by atoms with van der Waals surface area (Å²) in [4.78, 5) is 33.3. The first-order chi connectivity index (χ1) is 8.88. The van der Waals surface area contributed by atoms with Crippen LogP contribution in [0, 0.1) is 26.4 Å². The fourth-order valence-corrected chi connectivity index (χ4v) is 2.30. The van der Waals surface area contributed by atoms with Crippen LogP contribution in [-0.2, 0) is 9.59 Å². The fourth-order valence-electron chi connectivity index (χ4n) is 2.30. The number of rotatable bonds is 3. The Morgan fingerprint density at radius 3 is 2.00 bits per heavy atom. The van der Waals surface area contributed by atoms with Crippen molar-refractivity contribution in [3.8, 4) is 0 Å². The molecule has 1 rings (SSSR count). The van der Waals surface area contributed by atoms with Crippen molar-refractivity contribution < 1.29 is 24.7 Å². The lowest BCUT2D eigenvalue weighted by atomic mass is 9.60. The van der Waals surface area contributed by atoms with Gasteiger partial charge >= 0.3 is 11.9 Å². The minimum atomic E-state index is -1.87. The molecular weight excluding hydrogens is 266 g/mol. The molecule has 2 atom stereocenters. The van der Waals surface area contributed by atoms with Gasteiger partial charge in [-0.3, -0.25) is 19.7 Å². The van der Waals surface area contributed by atoms with E-state index < -0.39 is 38.8 Å². The van der Waals surface area contributed by atoms with Gasteiger partial charge in [0.05, 0.1) is 4.92 Å². The summed E-state index contributed by atoms with van der Waals surface area (Å²) in [5.41, 5.74) is -5.07. The molecule has 0 aromatic heterocycles. The van der Waals surface area contributed by atoms with Gasteiger partial charge in [-0.05, 0) is 12.3 Å². The molecule has 1 aliphatic carbocycles. The molecule has 0 fully saturated rings. The first kappa shape index (κ1) is 15.9. The Hall–Kier alpha value is -2.18. The lowest BCUT2D eigenvalue weighted by Gasteiger charge is -2.39. The van der Waals surface area contributed by atoms with Crippen LogP contribution in [-0.4, -0.2) is 27.1 Å². The SMILES string of the molecule is CC1(C(=O)O)C=CC(C(=O)O)(C(C)(C)C)C([N+](=O)[O-])=C1. The Labute approximate surface area is 115 Å². The molecule has 0 radical (unpaired) electrons. The third-order valence-electron chi connectivity index (χ3n) is 3.70. The molecule has 110 valence electrons. The predicted octanol–water partition coefficient (Wildman–Crippen LogP) is 1.92. The highest BCUT2D eigenvalue weighted by atomic mass is 16.6. The van der Waals surface area contributed by atoms with E-state index >= 15 is 0 Å². The molecule has 0 amide bonds. The zero-order valence-electron chi connectivity index (χ0n) is 11.7. The van der Waals surface area contributed by atoms with Crippen LogP contribution in [0.3, 0.4) is 0 Å². The first-order valence-electron chi connectivity index (χ1n) is 5.93. The molecule has 0 aromatic carbocycles. The normalized spacial score (nSPS) is 29.7. The monoisotopic (exact) mass is 283 g/mol. The maximum Gasteiger partial charge on any atom is 0.325 e. The van der Waals surface area contributed by atoms with Gasteiger partial charge in [-0.25, -0.2) is 0 Å². The van der Waals surface area contributed by atoms with Gasteiger partial charge in [0.1, 0.15) is 5.41 Å². The second kappa shape index (κ2) is 4.43. The number of nitro groups is 1. The Morgan fingerprint density at radius 2 is 1.70 bits per heavy atom. The minimum absolute atomic E-state index is 0.620. The van der Waals surface area contributed by atoms with Crippen LogP contribution in [0.2, 0.25) is 0 Å². The molecule has 0 heterocycles. The number of carboxylic acid groups (broad SMARTS) is 2. The van der Waals surface area contributed by atoms with Crippen molar-refractivity contribution in [1.82, 2.24) is 0 Å². The largest absolute Gasteiger partial charge is 0.480 e. The van der Waals surface area contributed by atoms with E-state index in [1.54, 1.807) is 20.8 Å². The third kappa shape index (κ3) is 2.09. The molecule has 20 heavy (non-hydrogen) atoms. The Morgan fingerprint density at radius 1 is 1.20 bits per heavy atom. The van der Waals surface area contributed by atoms with Crippen molar-refractivity contribution in [2.45, 2.75) is 27.7 Å². The zero-order chi connectivity index (χ0) is 15.9. The van der Waals surface area contributed by atoms with Crippen molar-refractivity contribution in [3.63, 3.8) is 0 Å². The lowest BCUT2D eigenvalue weighted by Crippen LogP contribution is -2.48. The van der Waals surface area contributed by atoms with Crippen LogP contribution >= 0.6 is 0 Å². The molecule has 0 saturated heterocycles. The van der Waals surface area contributed by atoms with Crippen molar-refractivity contribution in [3.05, 3.63) is 34.0 Å². The molecular formula is C13H17NO6. The Balaban J connectivity index is 3.67. The van der Waals surface area contributed by atoms with Gasteiger partial charge in [0, 0.05) is 6.08 Å². The van der Waals surface area contributed by atoms with Gasteiger partial charge in [-0.15, -0.1) is 0 Å². The third-order valence-corrected chi connectivity index (χ3v) is 3.70. The lowest BCUT2D eigenvalue weighted by molar-refractivity contribution is -0.441. The van der Waals surface area contributed by atoms with E-state index in [-0.39, 0.29) is 0 Å². The molecule has 0 spiro atoms. The van der Waals surface area contributed by atoms with Gasteiger partial charge in [0.15, 0.2) is 5.41 Å². The Kier molecular flexibility index (Phi) is 3.52. The van der Waals surface area contributed by atoms with Gasteiger partial charge < -0.3 is 10.2 Å². The summed E-state index contributed by atoms with van der Waals surface area (Å²) in [6.45, 7) is 5.97. The quantitative estimate of drug-likeness (QED) is 0.464. The van der Waals surface area contributed by atoms with Crippen LogP contribution in [0.15, 0.2) is 23.9 Å². The number of carbonyl (C=O) groups is 2. The van der Waals surface area contributed by atoms with E-state index in [1.807, 2.05) is 0 Å². The summed E-state index contributed by atoms with van der Waals surface area (Å²) in [5.74, 6) is -2.65. The second-order valence-electron chi connectivity index (χ2n) is 6.07. The molecule has 0 saturated carbocycles. The number of nitrogens with zero attached hydrogens (tertiary/aromatic N) is 1. The average Bonchev–Trinajstić information content (AvgIpc) is 2.26. The molecule has 0 bridgehead atoms. The van der Waals surface area contributed by atoms with Gasteiger partial charge in [-0.1, -0.05) is 32.9 Å². The van der Waals surface area contributed by atoms with Crippen LogP contribution < -0.4 is 0 Å². The van der Waals surface area contributed by atoms with E-state index in [4.69, 9.17) is 5.11 Å². The van der Waals surface area contributed by atoms with Gasteiger partial charge in [0.25, 0.3) is 5.70 Å². The summed E-state index contributed by atoms with van der Waals surface area (Å²) in [7, 11) is 0. The smallest absolute Gasteiger partial charge is 0.325 e. The van der Waals surface area contributed by atoms with Crippen LogP contribution in [0.25, 0.3) is 0 Å². The number of aliphatic carboxylic acids is 2. The molecule has 2 N–H and O–H groups in total. The summed E-state index contributed by atoms with van der Waals surface area (Å²) < 4.78 is 0. The van der Waals surface area contributed by atoms with Crippen molar-refractivity contribution >= 4 is 11.9 Å². The highest BCUT2D eigenvalue weighted by Gasteiger charge is 2.59. The molecule has 0 aliphatic heterocycles. The second-order valence-corrected chi connectivity index (χ2v) is 6.07. The van der Waals surface area contributed by atoms with Crippen LogP contribution in [0.5, 0.6) is 0 Å². The first-order valence-corrected chi connectivity index (χ1v) is 5.93. The highest BCUT2D eigenvalue weighted by molar-refractivity contribution is 5.86. The average molecular weight is 283 g/mol. The maximum absolute atomic E-state index is 11.7. The summed E-state index contributed by atoms with van der Waals surface area (Å²) in [6, 6.07) is 0. The molecule has 7 heteroatoms. The van der Waals surface area contributed by atoms with Crippen molar-refractivity contribution in [2.75, 3.05) is 0 Å². The number of hydrogen-bond donors (Lipinski definition) is 2. The molecule has 2 unspecified atom stereocenters. The van der Waals surface area contributed by atoms with Gasteiger partial charge in [0.2, 0.25) is 0 Å². The minimum Gasteiger partial charge on any atom is -0.480 e. The van der Waals surface area contributed by atoms with E-state index in [0.29, 0.717) is 0 Å². The fraction of sp³-hybridized carbons (Fsp3) is 0.538. The topological polar surface area (TPSA) is 118 Å². The van der Waals surface area contributed by atoms with Crippen molar-refractivity contribution in [1.29, 1.82) is 0 Å². The number of hydrogen-bond acceptors (Lipinski definition) is 4. The Bertz CT molecular complexity index is 542. The highest BCUT2D eigenvalue weighted by Crippen LogP contribution is 2.50. The molecule has 0 aromatic rings.